The van der Waals surface area contributed by atoms with Crippen molar-refractivity contribution in [1.82, 2.24) is 5.32 Å². The normalized spacial score (nSPS) is 34.1. The van der Waals surface area contributed by atoms with E-state index < -0.39 is 29.2 Å². The van der Waals surface area contributed by atoms with Crippen molar-refractivity contribution < 1.29 is 28.2 Å². The minimum absolute atomic E-state index is 0.0207. The molecule has 0 spiro atoms. The summed E-state index contributed by atoms with van der Waals surface area (Å²) in [6, 6.07) is 5.04. The van der Waals surface area contributed by atoms with Crippen LogP contribution in [0.15, 0.2) is 100 Å². The number of nitrogens with one attached hydrogen (secondary N) is 1. The largest absolute Gasteiger partial charge is 0.446 e. The lowest BCUT2D eigenvalue weighted by Crippen LogP contribution is -2.41. The second-order valence-corrected chi connectivity index (χ2v) is 27.7. The van der Waals surface area contributed by atoms with Crippen molar-refractivity contribution in [2.24, 2.45) is 63.4 Å². The molecule has 1 aromatic rings. The Bertz CT molecular complexity index is 2190. The number of hydrogen-bond donors (Lipinski definition) is 4. The highest BCUT2D eigenvalue weighted by molar-refractivity contribution is 8.00. The molecular weight excluding hydrogens is 934 g/mol. The Morgan fingerprint density at radius 3 is 1.79 bits per heavy atom. The van der Waals surface area contributed by atoms with Crippen molar-refractivity contribution in [1.29, 1.82) is 0 Å². The number of aliphatic hydroxyl groups is 2. The van der Waals surface area contributed by atoms with Crippen molar-refractivity contribution in [3.05, 3.63) is 101 Å². The highest BCUT2D eigenvalue weighted by Crippen LogP contribution is 2.61. The van der Waals surface area contributed by atoms with E-state index in [0.29, 0.717) is 47.3 Å². The topological polar surface area (TPSA) is 95.6 Å². The van der Waals surface area contributed by atoms with Gasteiger partial charge in [0.2, 0.25) is 0 Å². The Hall–Kier alpha value is -2.85. The number of carbonyl (C=O) groups is 1. The summed E-state index contributed by atoms with van der Waals surface area (Å²) >= 11 is -0.215. The summed E-state index contributed by atoms with van der Waals surface area (Å²) in [6.45, 7) is 31.9. The number of allylic oxidation sites excluding steroid dienone is 6. The van der Waals surface area contributed by atoms with Gasteiger partial charge in [-0.25, -0.2) is 0 Å². The van der Waals surface area contributed by atoms with Crippen LogP contribution in [-0.4, -0.2) is 45.4 Å². The number of benzene rings is 1. The zero-order chi connectivity index (χ0) is 53.7. The molecule has 6 fully saturated rings. The number of hydrogen-bond acceptors (Lipinski definition) is 5. The molecule has 6 aliphatic carbocycles. The first kappa shape index (κ1) is 59.4. The Morgan fingerprint density at radius 1 is 0.795 bits per heavy atom. The van der Waals surface area contributed by atoms with Crippen molar-refractivity contribution in [3.8, 4) is 0 Å². The average molecular weight is 1030 g/mol. The molecule has 6 saturated carbocycles. The van der Waals surface area contributed by atoms with Crippen molar-refractivity contribution in [3.63, 3.8) is 0 Å². The zero-order valence-electron chi connectivity index (χ0n) is 46.9. The van der Waals surface area contributed by atoms with Crippen LogP contribution in [-0.2, 0) is 0 Å². The number of alkyl halides is 3. The van der Waals surface area contributed by atoms with Gasteiger partial charge < -0.3 is 21.3 Å². The van der Waals surface area contributed by atoms with Crippen LogP contribution >= 0.6 is 11.8 Å². The van der Waals surface area contributed by atoms with E-state index in [1.165, 1.54) is 112 Å². The monoisotopic (exact) mass is 1030 g/mol. The highest BCUT2D eigenvalue weighted by atomic mass is 32.2. The standard InChI is InChI=1S/C35H48F3NO3S.C29H49N/c1-22(8-6-18-33(3,4)42)29-16-17-30-24(9-7-19-34(29,30)5)10-11-26-20-27(40)21-31(23(26)2)39-32(41)25-12-14-28(15-13-25)43-35(36,37)38;1-20-18-24(22(3)27(30)19-20)13-12-23-11-9-17-29(7)25(14-15-26(23)29)21(2)10-8-16-28(4,5)6/h10-15,22,27,29-31,40,42H,2,6-9,16-21H2,1,3-5H3,(H,39,41);12-13,20-21,25-27H,3,8-11,14-19,30H2,1-2,4-7H3/b24-10+,26-11-;23-12+,24-13-/t22-,27-,29-,30+,31+,34-;20-,21-,25-,26+,27+,29-/m11/s1. The molecular formula is C64H97F3N2O3S. The number of nitrogens with two attached hydrogens (primary N) is 1. The first-order valence-electron chi connectivity index (χ1n) is 28.6. The smallest absolute Gasteiger partial charge is 0.393 e. The lowest BCUT2D eigenvalue weighted by molar-refractivity contribution is -0.0328. The maximum absolute atomic E-state index is 12.9. The fourth-order valence-electron chi connectivity index (χ4n) is 15.1. The predicted octanol–water partition coefficient (Wildman–Crippen LogP) is 17.0. The van der Waals surface area contributed by atoms with Gasteiger partial charge in [0.15, 0.2) is 0 Å². The predicted molar refractivity (Wildman–Crippen MR) is 300 cm³/mol. The van der Waals surface area contributed by atoms with Crippen LogP contribution in [0.3, 0.4) is 0 Å². The van der Waals surface area contributed by atoms with Gasteiger partial charge >= 0.3 is 5.51 Å². The molecule has 12 atom stereocenters. The lowest BCUT2D eigenvalue weighted by Gasteiger charge is -2.44. The van der Waals surface area contributed by atoms with E-state index in [0.717, 1.165) is 73.8 Å². The molecule has 0 heterocycles. The fraction of sp³-hybridized carbons (Fsp3) is 0.703. The first-order chi connectivity index (χ1) is 34.1. The molecule has 0 bridgehead atoms. The lowest BCUT2D eigenvalue weighted by atomic mass is 9.60. The summed E-state index contributed by atoms with van der Waals surface area (Å²) in [7, 11) is 0. The second-order valence-electron chi connectivity index (χ2n) is 26.6. The van der Waals surface area contributed by atoms with Crippen molar-refractivity contribution in [2.75, 3.05) is 0 Å². The number of amides is 1. The Morgan fingerprint density at radius 2 is 1.30 bits per heavy atom. The fourth-order valence-corrected chi connectivity index (χ4v) is 15.7. The van der Waals surface area contributed by atoms with Crippen LogP contribution < -0.4 is 11.1 Å². The van der Waals surface area contributed by atoms with E-state index >= 15 is 0 Å². The number of fused-ring (bicyclic) bond motifs is 2. The Balaban J connectivity index is 0.000000254. The van der Waals surface area contributed by atoms with Crippen LogP contribution in [0.25, 0.3) is 0 Å². The van der Waals surface area contributed by atoms with E-state index in [2.05, 4.69) is 98.2 Å². The van der Waals surface area contributed by atoms with Crippen LogP contribution in [0.5, 0.6) is 0 Å². The van der Waals surface area contributed by atoms with E-state index in [9.17, 15) is 28.2 Å². The number of rotatable bonds is 14. The molecule has 5 N–H and O–H groups in total. The summed E-state index contributed by atoms with van der Waals surface area (Å²) in [6.07, 6.45) is 31.6. The molecule has 1 amide bonds. The van der Waals surface area contributed by atoms with Gasteiger partial charge in [-0.05, 0) is 233 Å². The van der Waals surface area contributed by atoms with Gasteiger partial charge in [-0.1, -0.05) is 130 Å². The third-order valence-electron chi connectivity index (χ3n) is 19.0. The molecule has 0 unspecified atom stereocenters. The number of thioether (sulfide) groups is 1. The third-order valence-corrected chi connectivity index (χ3v) is 19.8. The summed E-state index contributed by atoms with van der Waals surface area (Å²) in [5.74, 6) is 4.65. The molecule has 5 nitrogen and oxygen atoms in total. The molecule has 0 aromatic heterocycles. The van der Waals surface area contributed by atoms with E-state index in [1.807, 2.05) is 13.8 Å². The molecule has 0 saturated heterocycles. The van der Waals surface area contributed by atoms with Gasteiger partial charge in [0, 0.05) is 16.5 Å². The van der Waals surface area contributed by atoms with Gasteiger partial charge in [0.05, 0.1) is 17.7 Å². The van der Waals surface area contributed by atoms with Crippen LogP contribution in [0.1, 0.15) is 208 Å². The summed E-state index contributed by atoms with van der Waals surface area (Å²) in [5, 5.41) is 23.7. The Labute approximate surface area is 445 Å². The van der Waals surface area contributed by atoms with Crippen molar-refractivity contribution >= 4 is 17.7 Å². The zero-order valence-corrected chi connectivity index (χ0v) is 47.7. The molecule has 6 aliphatic rings. The average Bonchev–Trinajstić information content (AvgIpc) is 3.84. The maximum atomic E-state index is 12.9. The molecule has 1 aromatic carbocycles. The molecule has 408 valence electrons. The molecule has 9 heteroatoms. The maximum Gasteiger partial charge on any atom is 0.446 e. The van der Waals surface area contributed by atoms with Crippen molar-refractivity contribution in [2.45, 2.75) is 232 Å². The minimum atomic E-state index is -4.38. The molecule has 0 radical (unpaired) electrons. The second kappa shape index (κ2) is 24.6. The van der Waals surface area contributed by atoms with Crippen LogP contribution in [0.2, 0.25) is 0 Å². The molecule has 7 rings (SSSR count). The molecule has 0 aliphatic heterocycles. The number of aliphatic hydroxyl groups excluding tert-OH is 1. The first-order valence-corrected chi connectivity index (χ1v) is 29.4. The number of halogens is 3. The van der Waals surface area contributed by atoms with E-state index in [4.69, 9.17) is 5.73 Å². The summed E-state index contributed by atoms with van der Waals surface area (Å²) in [4.78, 5) is 12.9. The van der Waals surface area contributed by atoms with Gasteiger partial charge in [0.25, 0.3) is 5.91 Å². The van der Waals surface area contributed by atoms with Gasteiger partial charge in [-0.2, -0.15) is 13.2 Å². The summed E-state index contributed by atoms with van der Waals surface area (Å²) < 4.78 is 37.9. The minimum Gasteiger partial charge on any atom is -0.393 e. The van der Waals surface area contributed by atoms with E-state index in [1.54, 1.807) is 5.57 Å². The quantitative estimate of drug-likeness (QED) is 0.139. The highest BCUT2D eigenvalue weighted by Gasteiger charge is 2.52. The summed E-state index contributed by atoms with van der Waals surface area (Å²) in [5.41, 5.74) is 10.3. The van der Waals surface area contributed by atoms with Gasteiger partial charge in [-0.3, -0.25) is 4.79 Å². The third kappa shape index (κ3) is 15.9. The molecule has 73 heavy (non-hydrogen) atoms. The van der Waals surface area contributed by atoms with Gasteiger partial charge in [-0.15, -0.1) is 0 Å². The van der Waals surface area contributed by atoms with E-state index in [-0.39, 0.29) is 33.7 Å². The van der Waals surface area contributed by atoms with Crippen LogP contribution in [0.4, 0.5) is 13.2 Å². The number of carbonyl (C=O) groups excluding carboxylic acids is 1. The van der Waals surface area contributed by atoms with Crippen LogP contribution in [0, 0.1) is 57.7 Å². The Kier molecular flexibility index (Phi) is 20.1. The SMILES string of the molecule is C=C1/C(=C\C=C2/CCC[C@]3(C)[C@@H]([C@H](C)CCCC(C)(C)C)CC[C@@H]23)C[C@@H](C)C[C@@H]1N.C=C1/C(=C\C=C2/CCC[C@]3(C)[C@@H]([C@H](C)CCCC(C)(C)O)CC[C@@H]23)C[C@@H](O)C[C@@H]1NC(=O)c1ccc(SC(F)(F)F)cc1. The van der Waals surface area contributed by atoms with Gasteiger partial charge in [0.1, 0.15) is 0 Å².